The summed E-state index contributed by atoms with van der Waals surface area (Å²) in [6.45, 7) is 1.14. The van der Waals surface area contributed by atoms with Gasteiger partial charge in [-0.3, -0.25) is 14.2 Å². The number of hydrogen-bond donors (Lipinski definition) is 1. The van der Waals surface area contributed by atoms with E-state index in [1.54, 1.807) is 28.2 Å². The Morgan fingerprint density at radius 3 is 2.89 bits per heavy atom. The van der Waals surface area contributed by atoms with Gasteiger partial charge in [-0.15, -0.1) is 11.3 Å². The van der Waals surface area contributed by atoms with Crippen molar-refractivity contribution in [1.82, 2.24) is 19.4 Å². The van der Waals surface area contributed by atoms with Gasteiger partial charge in [0, 0.05) is 25.5 Å². The van der Waals surface area contributed by atoms with Crippen LogP contribution in [0.25, 0.3) is 5.82 Å². The highest BCUT2D eigenvalue weighted by Gasteiger charge is 2.29. The molecule has 27 heavy (non-hydrogen) atoms. The van der Waals surface area contributed by atoms with E-state index in [0.29, 0.717) is 18.8 Å². The molecular formula is C19H19N5O2S. The number of nitrogens with zero attached hydrogens (tertiary/aromatic N) is 4. The summed E-state index contributed by atoms with van der Waals surface area (Å²) in [6.07, 6.45) is 8.39. The topological polar surface area (TPSA) is 80.1 Å². The molecule has 1 atom stereocenters. The predicted molar refractivity (Wildman–Crippen MR) is 103 cm³/mol. The largest absolute Gasteiger partial charge is 0.337 e. The van der Waals surface area contributed by atoms with Crippen LogP contribution in [-0.2, 0) is 4.79 Å². The SMILES string of the molecule is O=C(Nc1ccc(-n2ccnc2)nc1)[C@H]1CCCN(C(=O)c2cccs2)C1. The fraction of sp³-hybridized carbons (Fsp3) is 0.263. The Kier molecular flexibility index (Phi) is 4.97. The van der Waals surface area contributed by atoms with Crippen molar-refractivity contribution in [2.24, 2.45) is 5.92 Å². The number of anilines is 1. The number of pyridine rings is 1. The molecule has 0 spiro atoms. The number of imidazole rings is 1. The fourth-order valence-corrected chi connectivity index (χ4v) is 3.87. The van der Waals surface area contributed by atoms with Gasteiger partial charge in [0.25, 0.3) is 5.91 Å². The molecule has 1 aliphatic heterocycles. The standard InChI is InChI=1S/C19H19N5O2S/c25-18(22-15-5-6-17(21-11-15)24-9-7-20-13-24)14-3-1-8-23(12-14)19(26)16-4-2-10-27-16/h2,4-7,9-11,13-14H,1,3,8,12H2,(H,22,25)/t14-/m0/s1. The number of aromatic nitrogens is 3. The summed E-state index contributed by atoms with van der Waals surface area (Å²) in [7, 11) is 0. The van der Waals surface area contributed by atoms with E-state index in [0.717, 1.165) is 23.5 Å². The second kappa shape index (κ2) is 7.71. The Labute approximate surface area is 160 Å². The Morgan fingerprint density at radius 1 is 1.26 bits per heavy atom. The van der Waals surface area contributed by atoms with Gasteiger partial charge in [-0.05, 0) is 36.4 Å². The number of hydrogen-bond acceptors (Lipinski definition) is 5. The number of amides is 2. The van der Waals surface area contributed by atoms with Gasteiger partial charge in [0.1, 0.15) is 12.1 Å². The van der Waals surface area contributed by atoms with Gasteiger partial charge in [-0.2, -0.15) is 0 Å². The minimum atomic E-state index is -0.212. The van der Waals surface area contributed by atoms with Crippen LogP contribution in [0.4, 0.5) is 5.69 Å². The highest BCUT2D eigenvalue weighted by atomic mass is 32.1. The Hall–Kier alpha value is -3.00. The molecule has 4 rings (SSSR count). The average molecular weight is 381 g/mol. The zero-order chi connectivity index (χ0) is 18.6. The molecule has 3 aromatic rings. The first-order chi connectivity index (χ1) is 13.2. The molecular weight excluding hydrogens is 362 g/mol. The number of nitrogens with one attached hydrogen (secondary N) is 1. The van der Waals surface area contributed by atoms with Crippen molar-refractivity contribution >= 4 is 28.8 Å². The number of carbonyl (C=O) groups is 2. The fourth-order valence-electron chi connectivity index (χ4n) is 3.18. The average Bonchev–Trinajstić information content (AvgIpc) is 3.42. The second-order valence-corrected chi connectivity index (χ2v) is 7.38. The Morgan fingerprint density at radius 2 is 2.19 bits per heavy atom. The van der Waals surface area contributed by atoms with Crippen molar-refractivity contribution in [3.63, 3.8) is 0 Å². The van der Waals surface area contributed by atoms with Crippen LogP contribution in [-0.4, -0.2) is 44.3 Å². The normalized spacial score (nSPS) is 16.9. The first-order valence-corrected chi connectivity index (χ1v) is 9.67. The third kappa shape index (κ3) is 3.90. The highest BCUT2D eigenvalue weighted by Crippen LogP contribution is 2.22. The summed E-state index contributed by atoms with van der Waals surface area (Å²) in [5.41, 5.74) is 0.644. The van der Waals surface area contributed by atoms with E-state index in [2.05, 4.69) is 15.3 Å². The summed E-state index contributed by atoms with van der Waals surface area (Å²) >= 11 is 1.43. The monoisotopic (exact) mass is 381 g/mol. The molecule has 0 radical (unpaired) electrons. The molecule has 2 amide bonds. The minimum Gasteiger partial charge on any atom is -0.337 e. The van der Waals surface area contributed by atoms with E-state index in [1.165, 1.54) is 11.3 Å². The molecule has 1 N–H and O–H groups in total. The van der Waals surface area contributed by atoms with E-state index in [-0.39, 0.29) is 17.7 Å². The van der Waals surface area contributed by atoms with Crippen LogP contribution in [0.1, 0.15) is 22.5 Å². The van der Waals surface area contributed by atoms with E-state index in [4.69, 9.17) is 0 Å². The zero-order valence-corrected chi connectivity index (χ0v) is 15.4. The lowest BCUT2D eigenvalue weighted by molar-refractivity contribution is -0.121. The Balaban J connectivity index is 1.38. The van der Waals surface area contributed by atoms with Gasteiger partial charge in [0.05, 0.1) is 22.7 Å². The van der Waals surface area contributed by atoms with Gasteiger partial charge in [-0.25, -0.2) is 9.97 Å². The van der Waals surface area contributed by atoms with Crippen LogP contribution in [0.3, 0.4) is 0 Å². The summed E-state index contributed by atoms with van der Waals surface area (Å²) in [6, 6.07) is 7.33. The van der Waals surface area contributed by atoms with Crippen LogP contribution in [0.5, 0.6) is 0 Å². The van der Waals surface area contributed by atoms with Crippen molar-refractivity contribution in [2.75, 3.05) is 18.4 Å². The summed E-state index contributed by atoms with van der Waals surface area (Å²) in [4.78, 5) is 36.0. The van der Waals surface area contributed by atoms with Crippen molar-refractivity contribution in [1.29, 1.82) is 0 Å². The molecule has 1 fully saturated rings. The number of rotatable bonds is 4. The van der Waals surface area contributed by atoms with E-state index in [1.807, 2.05) is 35.8 Å². The summed E-state index contributed by atoms with van der Waals surface area (Å²) in [5.74, 6) is 0.455. The maximum atomic E-state index is 12.6. The van der Waals surface area contributed by atoms with Crippen LogP contribution in [0, 0.1) is 5.92 Å². The van der Waals surface area contributed by atoms with E-state index in [9.17, 15) is 9.59 Å². The molecule has 7 nitrogen and oxygen atoms in total. The van der Waals surface area contributed by atoms with Crippen molar-refractivity contribution in [3.05, 3.63) is 59.4 Å². The number of thiophene rings is 1. The van der Waals surface area contributed by atoms with Crippen molar-refractivity contribution in [2.45, 2.75) is 12.8 Å². The van der Waals surface area contributed by atoms with E-state index < -0.39 is 0 Å². The third-order valence-corrected chi connectivity index (χ3v) is 5.45. The summed E-state index contributed by atoms with van der Waals surface area (Å²) in [5, 5.41) is 4.81. The van der Waals surface area contributed by atoms with Crippen molar-refractivity contribution in [3.8, 4) is 5.82 Å². The molecule has 0 unspecified atom stereocenters. The molecule has 0 bridgehead atoms. The minimum absolute atomic E-state index is 0.00820. The smallest absolute Gasteiger partial charge is 0.263 e. The van der Waals surface area contributed by atoms with Gasteiger partial charge >= 0.3 is 0 Å². The predicted octanol–water partition coefficient (Wildman–Crippen LogP) is 2.82. The molecule has 4 heterocycles. The summed E-state index contributed by atoms with van der Waals surface area (Å²) < 4.78 is 1.79. The van der Waals surface area contributed by atoms with Gasteiger partial charge in [0.15, 0.2) is 0 Å². The molecule has 8 heteroatoms. The van der Waals surface area contributed by atoms with Gasteiger partial charge in [-0.1, -0.05) is 6.07 Å². The lowest BCUT2D eigenvalue weighted by Crippen LogP contribution is -2.43. The number of likely N-dealkylation sites (tertiary alicyclic amines) is 1. The molecule has 0 aromatic carbocycles. The first-order valence-electron chi connectivity index (χ1n) is 8.79. The van der Waals surface area contributed by atoms with Crippen LogP contribution >= 0.6 is 11.3 Å². The lowest BCUT2D eigenvalue weighted by Gasteiger charge is -2.31. The number of carbonyl (C=O) groups excluding carboxylic acids is 2. The van der Waals surface area contributed by atoms with E-state index >= 15 is 0 Å². The molecule has 3 aromatic heterocycles. The number of piperidine rings is 1. The molecule has 138 valence electrons. The third-order valence-electron chi connectivity index (χ3n) is 4.60. The maximum Gasteiger partial charge on any atom is 0.263 e. The molecule has 1 aliphatic rings. The molecule has 0 aliphatic carbocycles. The molecule has 1 saturated heterocycles. The van der Waals surface area contributed by atoms with Crippen LogP contribution < -0.4 is 5.32 Å². The zero-order valence-electron chi connectivity index (χ0n) is 14.6. The van der Waals surface area contributed by atoms with Crippen LogP contribution in [0.15, 0.2) is 54.6 Å². The Bertz CT molecular complexity index is 906. The molecule has 0 saturated carbocycles. The van der Waals surface area contributed by atoms with Gasteiger partial charge < -0.3 is 10.2 Å². The second-order valence-electron chi connectivity index (χ2n) is 6.43. The lowest BCUT2D eigenvalue weighted by atomic mass is 9.97. The van der Waals surface area contributed by atoms with Gasteiger partial charge in [0.2, 0.25) is 5.91 Å². The first kappa shape index (κ1) is 17.4. The van der Waals surface area contributed by atoms with Crippen molar-refractivity contribution < 1.29 is 9.59 Å². The quantitative estimate of drug-likeness (QED) is 0.754. The van der Waals surface area contributed by atoms with Crippen LogP contribution in [0.2, 0.25) is 0 Å². The maximum absolute atomic E-state index is 12.6. The highest BCUT2D eigenvalue weighted by molar-refractivity contribution is 7.12.